The van der Waals surface area contributed by atoms with E-state index in [9.17, 15) is 0 Å². The highest BCUT2D eigenvalue weighted by Crippen LogP contribution is 2.19. The molecule has 0 radical (unpaired) electrons. The molecule has 0 fully saturated rings. The molecule has 20 heavy (non-hydrogen) atoms. The summed E-state index contributed by atoms with van der Waals surface area (Å²) in [6.07, 6.45) is 1.72. The second kappa shape index (κ2) is 5.55. The maximum absolute atomic E-state index is 5.41. The van der Waals surface area contributed by atoms with E-state index in [0.29, 0.717) is 0 Å². The van der Waals surface area contributed by atoms with Gasteiger partial charge in [-0.3, -0.25) is 0 Å². The average Bonchev–Trinajstić information content (AvgIpc) is 3.07. The Kier molecular flexibility index (Phi) is 3.61. The van der Waals surface area contributed by atoms with Crippen LogP contribution in [0.3, 0.4) is 0 Å². The number of aromatic nitrogens is 1. The third-order valence-electron chi connectivity index (χ3n) is 3.77. The number of para-hydroxylation sites is 1. The molecule has 0 saturated carbocycles. The lowest BCUT2D eigenvalue weighted by atomic mass is 10.2. The third-order valence-corrected chi connectivity index (χ3v) is 3.77. The maximum Gasteiger partial charge on any atom is 0.120 e. The lowest BCUT2D eigenvalue weighted by Gasteiger charge is -2.13. The highest BCUT2D eigenvalue weighted by Gasteiger charge is 2.08. The molecule has 0 aliphatic heterocycles. The van der Waals surface area contributed by atoms with Crippen molar-refractivity contribution in [3.63, 3.8) is 0 Å². The molecule has 2 heterocycles. The molecule has 2 aromatic heterocycles. The van der Waals surface area contributed by atoms with E-state index in [-0.39, 0.29) is 6.04 Å². The number of rotatable bonds is 5. The van der Waals surface area contributed by atoms with E-state index in [2.05, 4.69) is 54.1 Å². The van der Waals surface area contributed by atoms with Gasteiger partial charge in [0.25, 0.3) is 0 Å². The second-order valence-corrected chi connectivity index (χ2v) is 5.19. The van der Waals surface area contributed by atoms with Crippen molar-refractivity contribution in [1.29, 1.82) is 0 Å². The first-order valence-electron chi connectivity index (χ1n) is 7.07. The number of aryl methyl sites for hydroxylation is 1. The summed E-state index contributed by atoms with van der Waals surface area (Å²) < 4.78 is 7.77. The molecule has 3 heteroatoms. The molecular formula is C17H20N2O. The fourth-order valence-corrected chi connectivity index (χ4v) is 2.68. The zero-order valence-electron chi connectivity index (χ0n) is 12.0. The Labute approximate surface area is 119 Å². The molecular weight excluding hydrogens is 248 g/mol. The van der Waals surface area contributed by atoms with Crippen molar-refractivity contribution < 1.29 is 4.42 Å². The van der Waals surface area contributed by atoms with E-state index < -0.39 is 0 Å². The van der Waals surface area contributed by atoms with Gasteiger partial charge in [-0.15, -0.1) is 0 Å². The molecule has 0 saturated heterocycles. The van der Waals surface area contributed by atoms with Crippen LogP contribution in [0.1, 0.15) is 24.4 Å². The van der Waals surface area contributed by atoms with Crippen LogP contribution >= 0.6 is 0 Å². The molecule has 0 aliphatic carbocycles. The Balaban J connectivity index is 1.67. The molecule has 3 rings (SSSR count). The van der Waals surface area contributed by atoms with Gasteiger partial charge in [0.05, 0.1) is 12.3 Å². The molecule has 1 N–H and O–H groups in total. The minimum absolute atomic E-state index is 0.243. The zero-order valence-corrected chi connectivity index (χ0v) is 12.0. The Morgan fingerprint density at radius 3 is 2.85 bits per heavy atom. The first-order chi connectivity index (χ1) is 9.75. The number of benzene rings is 1. The van der Waals surface area contributed by atoms with Gasteiger partial charge in [0, 0.05) is 24.3 Å². The van der Waals surface area contributed by atoms with E-state index in [4.69, 9.17) is 4.42 Å². The van der Waals surface area contributed by atoms with Crippen molar-refractivity contribution in [2.75, 3.05) is 6.54 Å². The maximum atomic E-state index is 5.41. The summed E-state index contributed by atoms with van der Waals surface area (Å²) in [5.74, 6) is 0.985. The Morgan fingerprint density at radius 1 is 1.20 bits per heavy atom. The van der Waals surface area contributed by atoms with Crippen LogP contribution in [0.4, 0.5) is 0 Å². The van der Waals surface area contributed by atoms with Crippen molar-refractivity contribution in [2.45, 2.75) is 26.4 Å². The number of fused-ring (bicyclic) bond motifs is 1. The van der Waals surface area contributed by atoms with Gasteiger partial charge in [-0.25, -0.2) is 0 Å². The molecule has 0 aliphatic rings. The Hall–Kier alpha value is -2.00. The largest absolute Gasteiger partial charge is 0.468 e. The van der Waals surface area contributed by atoms with Crippen LogP contribution < -0.4 is 5.32 Å². The first-order valence-corrected chi connectivity index (χ1v) is 7.07. The highest BCUT2D eigenvalue weighted by molar-refractivity contribution is 5.81. The number of nitrogens with zero attached hydrogens (tertiary/aromatic N) is 1. The fourth-order valence-electron chi connectivity index (χ4n) is 2.68. The molecule has 1 unspecified atom stereocenters. The smallest absolute Gasteiger partial charge is 0.120 e. The van der Waals surface area contributed by atoms with Gasteiger partial charge in [0.1, 0.15) is 5.76 Å². The van der Waals surface area contributed by atoms with E-state index in [1.807, 2.05) is 12.1 Å². The molecule has 104 valence electrons. The molecule has 3 nitrogen and oxygen atoms in total. The van der Waals surface area contributed by atoms with Crippen LogP contribution in [0.25, 0.3) is 10.9 Å². The highest BCUT2D eigenvalue weighted by atomic mass is 16.3. The lowest BCUT2D eigenvalue weighted by molar-refractivity contribution is 0.424. The number of nitrogens with one attached hydrogen (secondary N) is 1. The molecule has 0 bridgehead atoms. The normalized spacial score (nSPS) is 12.9. The second-order valence-electron chi connectivity index (χ2n) is 5.19. The van der Waals surface area contributed by atoms with Crippen LogP contribution in [-0.2, 0) is 6.54 Å². The summed E-state index contributed by atoms with van der Waals surface area (Å²) in [6.45, 7) is 6.17. The van der Waals surface area contributed by atoms with Crippen molar-refractivity contribution in [1.82, 2.24) is 9.88 Å². The van der Waals surface area contributed by atoms with Crippen molar-refractivity contribution in [3.8, 4) is 0 Å². The predicted octanol–water partition coefficient (Wildman–Crippen LogP) is 3.89. The fraction of sp³-hybridized carbons (Fsp3) is 0.294. The Morgan fingerprint density at radius 2 is 2.05 bits per heavy atom. The molecule has 1 atom stereocenters. The van der Waals surface area contributed by atoms with Crippen molar-refractivity contribution in [2.24, 2.45) is 0 Å². The van der Waals surface area contributed by atoms with Crippen LogP contribution in [0, 0.1) is 6.92 Å². The minimum Gasteiger partial charge on any atom is -0.468 e. The summed E-state index contributed by atoms with van der Waals surface area (Å²) in [5.41, 5.74) is 2.61. The van der Waals surface area contributed by atoms with Crippen LogP contribution in [-0.4, -0.2) is 11.1 Å². The van der Waals surface area contributed by atoms with Crippen LogP contribution in [0.2, 0.25) is 0 Å². The lowest BCUT2D eigenvalue weighted by Crippen LogP contribution is -2.23. The first kappa shape index (κ1) is 13.0. The van der Waals surface area contributed by atoms with E-state index >= 15 is 0 Å². The van der Waals surface area contributed by atoms with Gasteiger partial charge in [-0.2, -0.15) is 0 Å². The van der Waals surface area contributed by atoms with Gasteiger partial charge < -0.3 is 14.3 Å². The summed E-state index contributed by atoms with van der Waals surface area (Å²) in [4.78, 5) is 0. The summed E-state index contributed by atoms with van der Waals surface area (Å²) in [5, 5.41) is 4.81. The van der Waals surface area contributed by atoms with Crippen LogP contribution in [0.15, 0.2) is 53.1 Å². The SMILES string of the molecule is Cc1cc2ccccc2n1CCNC(C)c1ccco1. The van der Waals surface area contributed by atoms with Crippen LogP contribution in [0.5, 0.6) is 0 Å². The number of furan rings is 1. The predicted molar refractivity (Wildman–Crippen MR) is 81.8 cm³/mol. The molecule has 1 aromatic carbocycles. The molecule has 3 aromatic rings. The molecule has 0 amide bonds. The number of hydrogen-bond donors (Lipinski definition) is 1. The monoisotopic (exact) mass is 268 g/mol. The topological polar surface area (TPSA) is 30.1 Å². The Bertz CT molecular complexity index is 682. The van der Waals surface area contributed by atoms with Gasteiger partial charge in [0.15, 0.2) is 0 Å². The van der Waals surface area contributed by atoms with Gasteiger partial charge in [-0.1, -0.05) is 18.2 Å². The van der Waals surface area contributed by atoms with Gasteiger partial charge in [-0.05, 0) is 43.5 Å². The third kappa shape index (κ3) is 2.49. The summed E-state index contributed by atoms with van der Waals surface area (Å²) in [7, 11) is 0. The van der Waals surface area contributed by atoms with E-state index in [1.54, 1.807) is 6.26 Å². The quantitative estimate of drug-likeness (QED) is 0.760. The minimum atomic E-state index is 0.243. The number of hydrogen-bond acceptors (Lipinski definition) is 2. The standard InChI is InChI=1S/C17H20N2O/c1-13-12-15-6-3-4-7-16(15)19(13)10-9-18-14(2)17-8-5-11-20-17/h3-8,11-12,14,18H,9-10H2,1-2H3. The van der Waals surface area contributed by atoms with Gasteiger partial charge >= 0.3 is 0 Å². The van der Waals surface area contributed by atoms with E-state index in [1.165, 1.54) is 16.6 Å². The zero-order chi connectivity index (χ0) is 13.9. The van der Waals surface area contributed by atoms with Crippen molar-refractivity contribution in [3.05, 3.63) is 60.2 Å². The van der Waals surface area contributed by atoms with Crippen molar-refractivity contribution >= 4 is 10.9 Å². The van der Waals surface area contributed by atoms with E-state index in [0.717, 1.165) is 18.8 Å². The summed E-state index contributed by atoms with van der Waals surface area (Å²) in [6, 6.07) is 14.9. The average molecular weight is 268 g/mol. The van der Waals surface area contributed by atoms with Gasteiger partial charge in [0.2, 0.25) is 0 Å². The molecule has 0 spiro atoms. The summed E-state index contributed by atoms with van der Waals surface area (Å²) >= 11 is 0.